The topological polar surface area (TPSA) is 3.24 Å². The Hall–Kier alpha value is -0.560. The Morgan fingerprint density at radius 3 is 2.14 bits per heavy atom. The van der Waals surface area contributed by atoms with Crippen LogP contribution in [0.15, 0.2) is 24.3 Å². The highest BCUT2D eigenvalue weighted by Gasteiger charge is 2.02. The third-order valence-corrected chi connectivity index (χ3v) is 2.10. The zero-order chi connectivity index (χ0) is 10.8. The molecule has 0 aliphatic heterocycles. The van der Waals surface area contributed by atoms with Gasteiger partial charge in [-0.1, -0.05) is 39.5 Å². The first-order valence-electron chi connectivity index (χ1n) is 5.81. The standard InChI is InChI=1S/C13H25N/c1-5-8-9-13(4)12-14(10-6-2)11-7-3/h8-9H,4-7,10-12H2,1-3H3. The molecule has 1 nitrogen and oxygen atoms in total. The van der Waals surface area contributed by atoms with Gasteiger partial charge < -0.3 is 0 Å². The minimum absolute atomic E-state index is 1.03. The minimum atomic E-state index is 1.03. The van der Waals surface area contributed by atoms with E-state index in [1.807, 2.05) is 0 Å². The molecule has 0 aromatic carbocycles. The van der Waals surface area contributed by atoms with E-state index in [1.54, 1.807) is 0 Å². The quantitative estimate of drug-likeness (QED) is 0.535. The largest absolute Gasteiger partial charge is 0.299 e. The van der Waals surface area contributed by atoms with E-state index in [1.165, 1.54) is 31.5 Å². The van der Waals surface area contributed by atoms with E-state index in [-0.39, 0.29) is 0 Å². The first-order chi connectivity index (χ1) is 6.74. The Kier molecular flexibility index (Phi) is 8.65. The van der Waals surface area contributed by atoms with E-state index in [0.29, 0.717) is 0 Å². The third-order valence-electron chi connectivity index (χ3n) is 2.10. The molecule has 0 saturated carbocycles. The summed E-state index contributed by atoms with van der Waals surface area (Å²) < 4.78 is 0. The second-order valence-electron chi connectivity index (χ2n) is 3.75. The number of hydrogen-bond acceptors (Lipinski definition) is 1. The van der Waals surface area contributed by atoms with Crippen LogP contribution >= 0.6 is 0 Å². The van der Waals surface area contributed by atoms with Crippen LogP contribution in [0.4, 0.5) is 0 Å². The minimum Gasteiger partial charge on any atom is -0.299 e. The van der Waals surface area contributed by atoms with Gasteiger partial charge in [0.2, 0.25) is 0 Å². The average molecular weight is 195 g/mol. The highest BCUT2D eigenvalue weighted by molar-refractivity contribution is 5.15. The second-order valence-corrected chi connectivity index (χ2v) is 3.75. The molecule has 0 aromatic rings. The lowest BCUT2D eigenvalue weighted by Crippen LogP contribution is -2.27. The van der Waals surface area contributed by atoms with Gasteiger partial charge in [-0.2, -0.15) is 0 Å². The maximum Gasteiger partial charge on any atom is 0.0227 e. The van der Waals surface area contributed by atoms with Crippen LogP contribution in [0.1, 0.15) is 40.0 Å². The van der Waals surface area contributed by atoms with Crippen molar-refractivity contribution in [2.45, 2.75) is 40.0 Å². The van der Waals surface area contributed by atoms with Gasteiger partial charge in [0.15, 0.2) is 0 Å². The maximum absolute atomic E-state index is 4.07. The average Bonchev–Trinajstić information content (AvgIpc) is 2.15. The van der Waals surface area contributed by atoms with Crippen molar-refractivity contribution in [1.82, 2.24) is 4.90 Å². The van der Waals surface area contributed by atoms with Crippen LogP contribution in [-0.4, -0.2) is 24.5 Å². The van der Waals surface area contributed by atoms with Crippen LogP contribution in [0.2, 0.25) is 0 Å². The molecule has 0 saturated heterocycles. The van der Waals surface area contributed by atoms with Gasteiger partial charge in [0.05, 0.1) is 0 Å². The molecule has 1 heteroatoms. The molecule has 0 atom stereocenters. The van der Waals surface area contributed by atoms with Crippen molar-refractivity contribution in [3.8, 4) is 0 Å². The number of nitrogens with zero attached hydrogens (tertiary/aromatic N) is 1. The van der Waals surface area contributed by atoms with Crippen LogP contribution < -0.4 is 0 Å². The summed E-state index contributed by atoms with van der Waals surface area (Å²) in [4.78, 5) is 2.47. The molecule has 14 heavy (non-hydrogen) atoms. The van der Waals surface area contributed by atoms with Gasteiger partial charge in [0.1, 0.15) is 0 Å². The first kappa shape index (κ1) is 13.4. The molecular formula is C13H25N. The lowest BCUT2D eigenvalue weighted by atomic mass is 10.2. The molecule has 0 amide bonds. The monoisotopic (exact) mass is 195 g/mol. The van der Waals surface area contributed by atoms with Gasteiger partial charge in [-0.3, -0.25) is 4.90 Å². The van der Waals surface area contributed by atoms with Gasteiger partial charge in [-0.05, 0) is 37.9 Å². The van der Waals surface area contributed by atoms with Crippen LogP contribution in [0, 0.1) is 0 Å². The summed E-state index contributed by atoms with van der Waals surface area (Å²) in [5.41, 5.74) is 1.23. The van der Waals surface area contributed by atoms with Crippen molar-refractivity contribution in [2.24, 2.45) is 0 Å². The van der Waals surface area contributed by atoms with Crippen molar-refractivity contribution in [3.63, 3.8) is 0 Å². The lowest BCUT2D eigenvalue weighted by molar-refractivity contribution is 0.299. The van der Waals surface area contributed by atoms with E-state index in [0.717, 1.165) is 13.0 Å². The van der Waals surface area contributed by atoms with Crippen LogP contribution in [0.25, 0.3) is 0 Å². The molecule has 0 rings (SSSR count). The molecule has 82 valence electrons. The summed E-state index contributed by atoms with van der Waals surface area (Å²) in [6.45, 7) is 14.1. The fourth-order valence-corrected chi connectivity index (χ4v) is 1.53. The summed E-state index contributed by atoms with van der Waals surface area (Å²) in [6, 6.07) is 0. The summed E-state index contributed by atoms with van der Waals surface area (Å²) in [5.74, 6) is 0. The molecule has 0 unspecified atom stereocenters. The fourth-order valence-electron chi connectivity index (χ4n) is 1.53. The molecule has 0 radical (unpaired) electrons. The molecule has 0 aliphatic carbocycles. The lowest BCUT2D eigenvalue weighted by Gasteiger charge is -2.20. The van der Waals surface area contributed by atoms with Gasteiger partial charge in [-0.15, -0.1) is 0 Å². The molecular weight excluding hydrogens is 170 g/mol. The Morgan fingerprint density at radius 1 is 1.14 bits per heavy atom. The summed E-state index contributed by atoms with van der Waals surface area (Å²) >= 11 is 0. The van der Waals surface area contributed by atoms with Crippen molar-refractivity contribution < 1.29 is 0 Å². The van der Waals surface area contributed by atoms with Gasteiger partial charge in [0, 0.05) is 6.54 Å². The predicted octanol–water partition coefficient (Wildman–Crippen LogP) is 3.63. The van der Waals surface area contributed by atoms with Crippen molar-refractivity contribution >= 4 is 0 Å². The molecule has 0 aliphatic rings. The number of allylic oxidation sites excluding steroid dienone is 1. The van der Waals surface area contributed by atoms with E-state index < -0.39 is 0 Å². The molecule has 0 heterocycles. The molecule has 0 N–H and O–H groups in total. The highest BCUT2D eigenvalue weighted by Crippen LogP contribution is 2.01. The van der Waals surface area contributed by atoms with Crippen molar-refractivity contribution in [3.05, 3.63) is 24.3 Å². The van der Waals surface area contributed by atoms with Crippen LogP contribution in [0.5, 0.6) is 0 Å². The van der Waals surface area contributed by atoms with E-state index in [9.17, 15) is 0 Å². The second kappa shape index (κ2) is 9.01. The molecule has 0 fully saturated rings. The zero-order valence-electron chi connectivity index (χ0n) is 10.1. The Labute approximate surface area is 89.5 Å². The fraction of sp³-hybridized carbons (Fsp3) is 0.692. The highest BCUT2D eigenvalue weighted by atomic mass is 15.1. The third kappa shape index (κ3) is 6.90. The number of hydrogen-bond donors (Lipinski definition) is 0. The Bertz CT molecular complexity index is 164. The normalized spacial score (nSPS) is 11.4. The zero-order valence-corrected chi connectivity index (χ0v) is 10.1. The Morgan fingerprint density at radius 2 is 1.71 bits per heavy atom. The summed E-state index contributed by atoms with van der Waals surface area (Å²) in [5, 5.41) is 0. The van der Waals surface area contributed by atoms with E-state index >= 15 is 0 Å². The van der Waals surface area contributed by atoms with Gasteiger partial charge in [0.25, 0.3) is 0 Å². The van der Waals surface area contributed by atoms with E-state index in [4.69, 9.17) is 0 Å². The molecule has 0 spiro atoms. The van der Waals surface area contributed by atoms with Crippen molar-refractivity contribution in [1.29, 1.82) is 0 Å². The number of rotatable bonds is 8. The van der Waals surface area contributed by atoms with Crippen LogP contribution in [0.3, 0.4) is 0 Å². The molecule has 0 aromatic heterocycles. The SMILES string of the molecule is C=C(C=CCC)CN(CCC)CCC. The summed E-state index contributed by atoms with van der Waals surface area (Å²) in [7, 11) is 0. The van der Waals surface area contributed by atoms with Gasteiger partial charge >= 0.3 is 0 Å². The van der Waals surface area contributed by atoms with Crippen LogP contribution in [-0.2, 0) is 0 Å². The smallest absolute Gasteiger partial charge is 0.0227 e. The van der Waals surface area contributed by atoms with Gasteiger partial charge in [-0.25, -0.2) is 0 Å². The molecule has 0 bridgehead atoms. The maximum atomic E-state index is 4.07. The Balaban J connectivity index is 3.88. The first-order valence-corrected chi connectivity index (χ1v) is 5.81. The van der Waals surface area contributed by atoms with E-state index in [2.05, 4.69) is 44.4 Å². The predicted molar refractivity (Wildman–Crippen MR) is 65.6 cm³/mol. The van der Waals surface area contributed by atoms with Crippen molar-refractivity contribution in [2.75, 3.05) is 19.6 Å². The summed E-state index contributed by atoms with van der Waals surface area (Å²) in [6.07, 6.45) is 7.88.